The van der Waals surface area contributed by atoms with Gasteiger partial charge >= 0.3 is 0 Å². The summed E-state index contributed by atoms with van der Waals surface area (Å²) in [6.45, 7) is 1.84. The molecule has 1 fully saturated rings. The smallest absolute Gasteiger partial charge is 0.158 e. The number of aryl methyl sites for hydroxylation is 1. The number of benzene rings is 1. The van der Waals surface area contributed by atoms with Crippen LogP contribution in [0.4, 0.5) is 5.82 Å². The maximum Gasteiger partial charge on any atom is 0.158 e. The van der Waals surface area contributed by atoms with E-state index in [4.69, 9.17) is 0 Å². The molecule has 138 valence electrons. The zero-order valence-electron chi connectivity index (χ0n) is 15.2. The molecule has 0 radical (unpaired) electrons. The van der Waals surface area contributed by atoms with Crippen LogP contribution in [0.25, 0.3) is 22.0 Å². The summed E-state index contributed by atoms with van der Waals surface area (Å²) >= 11 is 0. The van der Waals surface area contributed by atoms with Crippen molar-refractivity contribution in [1.29, 1.82) is 0 Å². The van der Waals surface area contributed by atoms with Gasteiger partial charge < -0.3 is 15.5 Å². The van der Waals surface area contributed by atoms with E-state index >= 15 is 0 Å². The molecule has 6 nitrogen and oxygen atoms in total. The van der Waals surface area contributed by atoms with Crippen LogP contribution in [0.1, 0.15) is 37.3 Å². The van der Waals surface area contributed by atoms with Crippen molar-refractivity contribution in [3.8, 4) is 17.0 Å². The van der Waals surface area contributed by atoms with Gasteiger partial charge in [0, 0.05) is 34.8 Å². The number of aromatic nitrogens is 3. The number of nitrogens with one attached hydrogen (secondary N) is 1. The molecule has 5 rings (SSSR count). The average molecular weight is 362 g/mol. The van der Waals surface area contributed by atoms with E-state index in [0.29, 0.717) is 30.1 Å². The fourth-order valence-electron chi connectivity index (χ4n) is 4.44. The Bertz CT molecular complexity index is 1040. The maximum atomic E-state index is 10.8. The van der Waals surface area contributed by atoms with Gasteiger partial charge in [0.1, 0.15) is 11.4 Å². The number of hydrogen-bond donors (Lipinski definition) is 3. The van der Waals surface area contributed by atoms with E-state index in [0.717, 1.165) is 41.2 Å². The minimum absolute atomic E-state index is 0.178. The van der Waals surface area contributed by atoms with E-state index in [1.165, 1.54) is 5.56 Å². The van der Waals surface area contributed by atoms with Crippen molar-refractivity contribution in [2.75, 3.05) is 5.32 Å². The third-order valence-electron chi connectivity index (χ3n) is 5.80. The molecular weight excluding hydrogens is 340 g/mol. The van der Waals surface area contributed by atoms with Crippen LogP contribution in [0.15, 0.2) is 30.6 Å². The summed E-state index contributed by atoms with van der Waals surface area (Å²) in [6.07, 6.45) is 7.88. The zero-order chi connectivity index (χ0) is 18.6. The van der Waals surface area contributed by atoms with Gasteiger partial charge in [-0.15, -0.1) is 10.2 Å². The molecule has 3 N–H and O–H groups in total. The van der Waals surface area contributed by atoms with Gasteiger partial charge in [-0.2, -0.15) is 0 Å². The van der Waals surface area contributed by atoms with Gasteiger partial charge in [-0.25, -0.2) is 0 Å². The molecule has 0 unspecified atom stereocenters. The first-order valence-corrected chi connectivity index (χ1v) is 9.45. The molecule has 6 heteroatoms. The topological polar surface area (TPSA) is 91.2 Å². The highest BCUT2D eigenvalue weighted by Gasteiger charge is 2.38. The average Bonchev–Trinajstić information content (AvgIpc) is 3.11. The van der Waals surface area contributed by atoms with Gasteiger partial charge in [0.25, 0.3) is 0 Å². The van der Waals surface area contributed by atoms with Gasteiger partial charge in [-0.05, 0) is 62.3 Å². The van der Waals surface area contributed by atoms with Gasteiger partial charge in [0.05, 0.1) is 5.60 Å². The number of anilines is 1. The fourth-order valence-corrected chi connectivity index (χ4v) is 4.44. The molecule has 0 bridgehead atoms. The number of rotatable bonds is 3. The number of aliphatic hydroxyl groups is 1. The predicted molar refractivity (Wildman–Crippen MR) is 104 cm³/mol. The SMILES string of the molecule is C[C@]1(O)C[C@@H](Nc2nnc(-c3ccc4c(c3O)CCC4)c3ccncc23)C1. The molecule has 2 aliphatic rings. The summed E-state index contributed by atoms with van der Waals surface area (Å²) in [5, 5.41) is 34.8. The van der Waals surface area contributed by atoms with Crippen LogP contribution in [0.5, 0.6) is 5.75 Å². The maximum absolute atomic E-state index is 10.8. The molecule has 3 aromatic rings. The quantitative estimate of drug-likeness (QED) is 0.663. The second-order valence-electron chi connectivity index (χ2n) is 8.02. The number of pyridine rings is 1. The number of phenols is 1. The third kappa shape index (κ3) is 2.72. The Hall–Kier alpha value is -2.73. The molecule has 27 heavy (non-hydrogen) atoms. The van der Waals surface area contributed by atoms with Crippen molar-refractivity contribution in [1.82, 2.24) is 15.2 Å². The molecule has 0 saturated heterocycles. The highest BCUT2D eigenvalue weighted by Crippen LogP contribution is 2.41. The normalized spacial score (nSPS) is 23.9. The van der Waals surface area contributed by atoms with E-state index in [9.17, 15) is 10.2 Å². The second kappa shape index (κ2) is 5.89. The summed E-state index contributed by atoms with van der Waals surface area (Å²) in [6, 6.07) is 6.12. The molecule has 0 aliphatic heterocycles. The van der Waals surface area contributed by atoms with Crippen LogP contribution in [0, 0.1) is 0 Å². The lowest BCUT2D eigenvalue weighted by Crippen LogP contribution is -2.48. The Morgan fingerprint density at radius 2 is 1.96 bits per heavy atom. The van der Waals surface area contributed by atoms with Gasteiger partial charge in [-0.1, -0.05) is 6.07 Å². The minimum Gasteiger partial charge on any atom is -0.507 e. The lowest BCUT2D eigenvalue weighted by molar-refractivity contribution is -0.0235. The van der Waals surface area contributed by atoms with E-state index in [2.05, 4.69) is 26.6 Å². The molecule has 1 aromatic carbocycles. The molecule has 2 aromatic heterocycles. The summed E-state index contributed by atoms with van der Waals surface area (Å²) in [4.78, 5) is 4.25. The van der Waals surface area contributed by atoms with Crippen LogP contribution in [0.2, 0.25) is 0 Å². The molecule has 1 saturated carbocycles. The Balaban J connectivity index is 1.58. The Morgan fingerprint density at radius 3 is 2.78 bits per heavy atom. The lowest BCUT2D eigenvalue weighted by atomic mass is 9.77. The lowest BCUT2D eigenvalue weighted by Gasteiger charge is -2.41. The minimum atomic E-state index is -0.602. The van der Waals surface area contributed by atoms with E-state index < -0.39 is 5.60 Å². The first-order chi connectivity index (χ1) is 13.0. The van der Waals surface area contributed by atoms with Crippen molar-refractivity contribution < 1.29 is 10.2 Å². The summed E-state index contributed by atoms with van der Waals surface area (Å²) in [5.74, 6) is 0.996. The summed E-state index contributed by atoms with van der Waals surface area (Å²) in [5.41, 5.74) is 3.05. The second-order valence-corrected chi connectivity index (χ2v) is 8.02. The monoisotopic (exact) mass is 362 g/mol. The van der Waals surface area contributed by atoms with Crippen LogP contribution in [-0.2, 0) is 12.8 Å². The van der Waals surface area contributed by atoms with Crippen molar-refractivity contribution in [2.24, 2.45) is 0 Å². The zero-order valence-corrected chi connectivity index (χ0v) is 15.2. The fraction of sp³-hybridized carbons (Fsp3) is 0.381. The largest absolute Gasteiger partial charge is 0.507 e. The first kappa shape index (κ1) is 16.4. The van der Waals surface area contributed by atoms with Crippen LogP contribution < -0.4 is 5.32 Å². The number of phenolic OH excluding ortho intramolecular Hbond substituents is 1. The number of hydrogen-bond acceptors (Lipinski definition) is 6. The van der Waals surface area contributed by atoms with Crippen LogP contribution in [-0.4, -0.2) is 37.0 Å². The molecule has 2 aliphatic carbocycles. The Morgan fingerprint density at radius 1 is 1.11 bits per heavy atom. The van der Waals surface area contributed by atoms with Crippen molar-refractivity contribution in [3.63, 3.8) is 0 Å². The highest BCUT2D eigenvalue weighted by molar-refractivity contribution is 6.00. The standard InChI is InChI=1S/C21H22N4O2/c1-21(27)9-13(10-21)23-20-17-11-22-8-7-15(17)18(24-25-20)16-6-5-12-3-2-4-14(12)19(16)26/h5-8,11,13,26-27H,2-4,9-10H2,1H3,(H,23,25)/t13-,21+. The molecule has 0 spiro atoms. The Kier molecular flexibility index (Phi) is 3.59. The molecule has 0 atom stereocenters. The number of aromatic hydroxyl groups is 1. The molecule has 0 amide bonds. The van der Waals surface area contributed by atoms with Gasteiger partial charge in [0.2, 0.25) is 0 Å². The van der Waals surface area contributed by atoms with Gasteiger partial charge in [0.15, 0.2) is 5.82 Å². The van der Waals surface area contributed by atoms with Crippen LogP contribution in [0.3, 0.4) is 0 Å². The third-order valence-corrected chi connectivity index (χ3v) is 5.80. The molecule has 2 heterocycles. The summed E-state index contributed by atoms with van der Waals surface area (Å²) in [7, 11) is 0. The van der Waals surface area contributed by atoms with Crippen molar-refractivity contribution in [3.05, 3.63) is 41.7 Å². The van der Waals surface area contributed by atoms with E-state index in [1.807, 2.05) is 19.1 Å². The van der Waals surface area contributed by atoms with Crippen molar-refractivity contribution in [2.45, 2.75) is 50.7 Å². The first-order valence-electron chi connectivity index (χ1n) is 9.45. The molecular formula is C21H22N4O2. The predicted octanol–water partition coefficient (Wildman–Crippen LogP) is 3.21. The number of nitrogens with zero attached hydrogens (tertiary/aromatic N) is 3. The highest BCUT2D eigenvalue weighted by atomic mass is 16.3. The Labute approximate surface area is 157 Å². The van der Waals surface area contributed by atoms with Crippen LogP contribution >= 0.6 is 0 Å². The summed E-state index contributed by atoms with van der Waals surface area (Å²) < 4.78 is 0. The van der Waals surface area contributed by atoms with Gasteiger partial charge in [-0.3, -0.25) is 4.98 Å². The van der Waals surface area contributed by atoms with E-state index in [1.54, 1.807) is 12.4 Å². The van der Waals surface area contributed by atoms with Crippen molar-refractivity contribution >= 4 is 16.6 Å². The van der Waals surface area contributed by atoms with E-state index in [-0.39, 0.29) is 6.04 Å². The number of fused-ring (bicyclic) bond motifs is 2.